The van der Waals surface area contributed by atoms with E-state index < -0.39 is 0 Å². The summed E-state index contributed by atoms with van der Waals surface area (Å²) >= 11 is 0. The minimum atomic E-state index is 0. The number of hydrogen-bond donors (Lipinski definition) is 1. The molecule has 1 aromatic heterocycles. The van der Waals surface area contributed by atoms with E-state index in [1.165, 1.54) is 0 Å². The number of rotatable bonds is 2. The van der Waals surface area contributed by atoms with Gasteiger partial charge in [0.15, 0.2) is 0 Å². The molecule has 0 aliphatic carbocycles. The van der Waals surface area contributed by atoms with Crippen molar-refractivity contribution in [2.45, 2.75) is 19.9 Å². The van der Waals surface area contributed by atoms with Crippen molar-refractivity contribution in [1.82, 2.24) is 9.78 Å². The molecule has 0 aliphatic heterocycles. The topological polar surface area (TPSA) is 29.9 Å². The molecule has 1 N–H and O–H groups in total. The molecule has 0 atom stereocenters. The fourth-order valence-corrected chi connectivity index (χ4v) is 0.750. The SMILES string of the molecule is CNc1cnn(C(C)C)c1.Cl.Cl. The lowest BCUT2D eigenvalue weighted by Gasteiger charge is -2.02. The van der Waals surface area contributed by atoms with Crippen molar-refractivity contribution in [2.75, 3.05) is 12.4 Å². The number of nitrogens with one attached hydrogen (secondary N) is 1. The van der Waals surface area contributed by atoms with Crippen molar-refractivity contribution in [3.05, 3.63) is 12.4 Å². The molecule has 0 spiro atoms. The van der Waals surface area contributed by atoms with E-state index in [-0.39, 0.29) is 24.8 Å². The van der Waals surface area contributed by atoms with Gasteiger partial charge >= 0.3 is 0 Å². The molecule has 0 saturated carbocycles. The summed E-state index contributed by atoms with van der Waals surface area (Å²) in [5.41, 5.74) is 1.06. The first-order chi connectivity index (χ1) is 4.74. The third-order valence-electron chi connectivity index (χ3n) is 1.42. The Labute approximate surface area is 85.4 Å². The molecule has 0 amide bonds. The molecular weight excluding hydrogens is 197 g/mol. The summed E-state index contributed by atoms with van der Waals surface area (Å²) in [5, 5.41) is 7.16. The molecule has 0 fully saturated rings. The zero-order chi connectivity index (χ0) is 7.56. The highest BCUT2D eigenvalue weighted by Crippen LogP contribution is 2.07. The fraction of sp³-hybridized carbons (Fsp3) is 0.571. The van der Waals surface area contributed by atoms with Crippen molar-refractivity contribution >= 4 is 30.5 Å². The first kappa shape index (κ1) is 14.1. The Kier molecular flexibility index (Phi) is 7.24. The average Bonchev–Trinajstić information content (AvgIpc) is 2.34. The minimum Gasteiger partial charge on any atom is -0.386 e. The molecular formula is C7H15Cl2N3. The normalized spacial score (nSPS) is 8.67. The lowest BCUT2D eigenvalue weighted by Crippen LogP contribution is -1.99. The van der Waals surface area contributed by atoms with Gasteiger partial charge in [0.1, 0.15) is 0 Å². The van der Waals surface area contributed by atoms with Crippen molar-refractivity contribution in [3.63, 3.8) is 0 Å². The molecule has 0 aromatic carbocycles. The van der Waals surface area contributed by atoms with Crippen molar-refractivity contribution in [1.29, 1.82) is 0 Å². The highest BCUT2D eigenvalue weighted by molar-refractivity contribution is 5.85. The van der Waals surface area contributed by atoms with Crippen LogP contribution in [0.1, 0.15) is 19.9 Å². The van der Waals surface area contributed by atoms with Gasteiger partial charge in [0, 0.05) is 19.3 Å². The number of hydrogen-bond acceptors (Lipinski definition) is 2. The summed E-state index contributed by atoms with van der Waals surface area (Å²) in [5.74, 6) is 0. The summed E-state index contributed by atoms with van der Waals surface area (Å²) in [4.78, 5) is 0. The van der Waals surface area contributed by atoms with Crippen molar-refractivity contribution in [2.24, 2.45) is 0 Å². The van der Waals surface area contributed by atoms with Gasteiger partial charge in [-0.25, -0.2) is 0 Å². The molecule has 72 valence electrons. The van der Waals surface area contributed by atoms with Crippen LogP contribution in [0.4, 0.5) is 5.69 Å². The van der Waals surface area contributed by atoms with Crippen LogP contribution in [-0.2, 0) is 0 Å². The fourth-order valence-electron chi connectivity index (χ4n) is 0.750. The minimum absolute atomic E-state index is 0. The largest absolute Gasteiger partial charge is 0.386 e. The first-order valence-corrected chi connectivity index (χ1v) is 3.46. The van der Waals surface area contributed by atoms with Gasteiger partial charge < -0.3 is 5.32 Å². The molecule has 0 radical (unpaired) electrons. The van der Waals surface area contributed by atoms with Crippen LogP contribution in [0.25, 0.3) is 0 Å². The second kappa shape index (κ2) is 6.14. The van der Waals surface area contributed by atoms with Gasteiger partial charge in [-0.2, -0.15) is 5.10 Å². The second-order valence-electron chi connectivity index (χ2n) is 2.55. The summed E-state index contributed by atoms with van der Waals surface area (Å²) in [6.07, 6.45) is 3.81. The van der Waals surface area contributed by atoms with Gasteiger partial charge in [-0.05, 0) is 13.8 Å². The molecule has 1 aromatic rings. The molecule has 0 saturated heterocycles. The highest BCUT2D eigenvalue weighted by atomic mass is 35.5. The number of aromatic nitrogens is 2. The van der Waals surface area contributed by atoms with Crippen LogP contribution in [0.5, 0.6) is 0 Å². The summed E-state index contributed by atoms with van der Waals surface area (Å²) in [7, 11) is 1.89. The number of nitrogens with zero attached hydrogens (tertiary/aromatic N) is 2. The highest BCUT2D eigenvalue weighted by Gasteiger charge is 1.97. The molecule has 0 bridgehead atoms. The second-order valence-corrected chi connectivity index (χ2v) is 2.55. The predicted octanol–water partition coefficient (Wildman–Crippen LogP) is 2.35. The lowest BCUT2D eigenvalue weighted by molar-refractivity contribution is 0.532. The Hall–Kier alpha value is -0.410. The van der Waals surface area contributed by atoms with E-state index in [0.29, 0.717) is 6.04 Å². The average molecular weight is 212 g/mol. The molecule has 1 rings (SSSR count). The molecule has 5 heteroatoms. The molecule has 3 nitrogen and oxygen atoms in total. The Balaban J connectivity index is 0. The summed E-state index contributed by atoms with van der Waals surface area (Å²) in [6, 6.07) is 0.446. The zero-order valence-corrected chi connectivity index (χ0v) is 9.08. The van der Waals surface area contributed by atoms with Crippen molar-refractivity contribution in [3.8, 4) is 0 Å². The van der Waals surface area contributed by atoms with Gasteiger partial charge in [-0.1, -0.05) is 0 Å². The van der Waals surface area contributed by atoms with Gasteiger partial charge in [0.25, 0.3) is 0 Å². The Bertz CT molecular complexity index is 210. The lowest BCUT2D eigenvalue weighted by atomic mass is 10.4. The van der Waals surface area contributed by atoms with E-state index in [1.54, 1.807) is 0 Å². The van der Waals surface area contributed by atoms with Gasteiger partial charge in [0.2, 0.25) is 0 Å². The molecule has 0 unspecified atom stereocenters. The van der Waals surface area contributed by atoms with Crippen LogP contribution in [0, 0.1) is 0 Å². The Morgan fingerprint density at radius 3 is 2.25 bits per heavy atom. The quantitative estimate of drug-likeness (QED) is 0.815. The van der Waals surface area contributed by atoms with Crippen LogP contribution in [0.3, 0.4) is 0 Å². The maximum absolute atomic E-state index is 4.14. The number of halogens is 2. The predicted molar refractivity (Wildman–Crippen MR) is 56.7 cm³/mol. The van der Waals surface area contributed by atoms with E-state index in [2.05, 4.69) is 24.3 Å². The van der Waals surface area contributed by atoms with Gasteiger partial charge in [0.05, 0.1) is 11.9 Å². The monoisotopic (exact) mass is 211 g/mol. The van der Waals surface area contributed by atoms with Crippen LogP contribution in [0.15, 0.2) is 12.4 Å². The van der Waals surface area contributed by atoms with Crippen molar-refractivity contribution < 1.29 is 0 Å². The van der Waals surface area contributed by atoms with E-state index >= 15 is 0 Å². The van der Waals surface area contributed by atoms with Crippen LogP contribution in [-0.4, -0.2) is 16.8 Å². The molecule has 1 heterocycles. The van der Waals surface area contributed by atoms with Crippen LogP contribution >= 0.6 is 24.8 Å². The Morgan fingerprint density at radius 1 is 1.42 bits per heavy atom. The van der Waals surface area contributed by atoms with E-state index in [9.17, 15) is 0 Å². The van der Waals surface area contributed by atoms with E-state index in [1.807, 2.05) is 24.1 Å². The van der Waals surface area contributed by atoms with E-state index in [4.69, 9.17) is 0 Å². The van der Waals surface area contributed by atoms with Crippen LogP contribution < -0.4 is 5.32 Å². The van der Waals surface area contributed by atoms with Crippen LogP contribution in [0.2, 0.25) is 0 Å². The molecule has 12 heavy (non-hydrogen) atoms. The number of anilines is 1. The smallest absolute Gasteiger partial charge is 0.0724 e. The Morgan fingerprint density at radius 2 is 2.00 bits per heavy atom. The third-order valence-corrected chi connectivity index (χ3v) is 1.42. The summed E-state index contributed by atoms with van der Waals surface area (Å²) in [6.45, 7) is 4.21. The van der Waals surface area contributed by atoms with Gasteiger partial charge in [-0.15, -0.1) is 24.8 Å². The van der Waals surface area contributed by atoms with E-state index in [0.717, 1.165) is 5.69 Å². The standard InChI is InChI=1S/C7H13N3.2ClH/c1-6(2)10-5-7(8-3)4-9-10;;/h4-6,8H,1-3H3;2*1H. The van der Waals surface area contributed by atoms with Gasteiger partial charge in [-0.3, -0.25) is 4.68 Å². The third kappa shape index (κ3) is 3.32. The first-order valence-electron chi connectivity index (χ1n) is 3.46. The molecule has 0 aliphatic rings. The summed E-state index contributed by atoms with van der Waals surface area (Å²) < 4.78 is 1.92. The zero-order valence-electron chi connectivity index (χ0n) is 7.44. The maximum atomic E-state index is 4.14. The maximum Gasteiger partial charge on any atom is 0.0724 e.